The standard InChI is InChI=1S/C10H10FN3O/c11-7-3-1-2-4-9(7)15-5-8-10(12)14-6-13-8/h1-4,6H,5,12H2,(H,13,14). The maximum absolute atomic E-state index is 13.1. The van der Waals surface area contributed by atoms with Gasteiger partial charge in [0.1, 0.15) is 12.4 Å². The topological polar surface area (TPSA) is 63.9 Å². The maximum atomic E-state index is 13.1. The number of ether oxygens (including phenoxy) is 1. The van der Waals surface area contributed by atoms with Gasteiger partial charge in [-0.05, 0) is 12.1 Å². The van der Waals surface area contributed by atoms with Crippen LogP contribution in [0.4, 0.5) is 10.2 Å². The zero-order valence-electron chi connectivity index (χ0n) is 7.90. The lowest BCUT2D eigenvalue weighted by Crippen LogP contribution is -2.00. The van der Waals surface area contributed by atoms with Crippen LogP contribution in [0.5, 0.6) is 5.75 Å². The van der Waals surface area contributed by atoms with E-state index in [1.807, 2.05) is 0 Å². The Bertz CT molecular complexity index is 455. The highest BCUT2D eigenvalue weighted by molar-refractivity contribution is 5.33. The van der Waals surface area contributed by atoms with Gasteiger partial charge in [-0.15, -0.1) is 0 Å². The molecule has 0 aliphatic carbocycles. The average molecular weight is 207 g/mol. The molecule has 2 aromatic rings. The van der Waals surface area contributed by atoms with Gasteiger partial charge in [0.2, 0.25) is 0 Å². The lowest BCUT2D eigenvalue weighted by molar-refractivity contribution is 0.287. The molecule has 1 heterocycles. The predicted molar refractivity (Wildman–Crippen MR) is 53.7 cm³/mol. The number of nitrogens with one attached hydrogen (secondary N) is 1. The molecule has 78 valence electrons. The van der Waals surface area contributed by atoms with E-state index in [-0.39, 0.29) is 12.4 Å². The minimum absolute atomic E-state index is 0.173. The van der Waals surface area contributed by atoms with Gasteiger partial charge in [0.25, 0.3) is 0 Å². The number of imidazole rings is 1. The van der Waals surface area contributed by atoms with Crippen LogP contribution in [0.3, 0.4) is 0 Å². The van der Waals surface area contributed by atoms with Crippen molar-refractivity contribution in [3.63, 3.8) is 0 Å². The van der Waals surface area contributed by atoms with Gasteiger partial charge in [-0.1, -0.05) is 12.1 Å². The average Bonchev–Trinajstić information content (AvgIpc) is 2.63. The first-order valence-corrected chi connectivity index (χ1v) is 4.42. The largest absolute Gasteiger partial charge is 0.484 e. The van der Waals surface area contributed by atoms with Crippen molar-refractivity contribution in [3.05, 3.63) is 42.1 Å². The molecular weight excluding hydrogens is 197 g/mol. The quantitative estimate of drug-likeness (QED) is 0.805. The van der Waals surface area contributed by atoms with E-state index in [4.69, 9.17) is 10.5 Å². The maximum Gasteiger partial charge on any atom is 0.165 e. The molecule has 0 aliphatic heterocycles. The molecule has 5 heteroatoms. The Morgan fingerprint density at radius 3 is 2.87 bits per heavy atom. The van der Waals surface area contributed by atoms with Crippen molar-refractivity contribution in [3.8, 4) is 5.75 Å². The molecular formula is C10H10FN3O. The number of hydrogen-bond acceptors (Lipinski definition) is 3. The first-order chi connectivity index (χ1) is 7.27. The Morgan fingerprint density at radius 1 is 1.40 bits per heavy atom. The summed E-state index contributed by atoms with van der Waals surface area (Å²) >= 11 is 0. The zero-order chi connectivity index (χ0) is 10.7. The Morgan fingerprint density at radius 2 is 2.20 bits per heavy atom. The van der Waals surface area contributed by atoms with E-state index in [2.05, 4.69) is 9.97 Å². The van der Waals surface area contributed by atoms with Crippen molar-refractivity contribution in [1.29, 1.82) is 0 Å². The molecule has 0 bridgehead atoms. The summed E-state index contributed by atoms with van der Waals surface area (Å²) < 4.78 is 18.4. The fraction of sp³-hybridized carbons (Fsp3) is 0.100. The summed E-state index contributed by atoms with van der Waals surface area (Å²) in [6, 6.07) is 6.20. The fourth-order valence-corrected chi connectivity index (χ4v) is 1.16. The molecule has 4 nitrogen and oxygen atoms in total. The van der Waals surface area contributed by atoms with Crippen LogP contribution < -0.4 is 10.5 Å². The number of nitrogens with two attached hydrogens (primary N) is 1. The molecule has 1 aromatic carbocycles. The molecule has 0 unspecified atom stereocenters. The summed E-state index contributed by atoms with van der Waals surface area (Å²) in [4.78, 5) is 6.61. The molecule has 15 heavy (non-hydrogen) atoms. The van der Waals surface area contributed by atoms with Crippen LogP contribution in [0.2, 0.25) is 0 Å². The van der Waals surface area contributed by atoms with Gasteiger partial charge in [-0.25, -0.2) is 9.37 Å². The van der Waals surface area contributed by atoms with Gasteiger partial charge >= 0.3 is 0 Å². The Balaban J connectivity index is 2.06. The van der Waals surface area contributed by atoms with E-state index < -0.39 is 5.82 Å². The first kappa shape index (κ1) is 9.51. The van der Waals surface area contributed by atoms with Crippen LogP contribution in [0.25, 0.3) is 0 Å². The SMILES string of the molecule is Nc1nc[nH]c1COc1ccccc1F. The van der Waals surface area contributed by atoms with Gasteiger partial charge < -0.3 is 15.5 Å². The summed E-state index contributed by atoms with van der Waals surface area (Å²) in [5.41, 5.74) is 6.16. The molecule has 2 rings (SSSR count). The predicted octanol–water partition coefficient (Wildman–Crippen LogP) is 1.71. The van der Waals surface area contributed by atoms with Crippen LogP contribution in [-0.2, 0) is 6.61 Å². The molecule has 0 atom stereocenters. The second-order valence-electron chi connectivity index (χ2n) is 2.99. The van der Waals surface area contributed by atoms with Gasteiger partial charge in [0.05, 0.1) is 12.0 Å². The lowest BCUT2D eigenvalue weighted by Gasteiger charge is -2.05. The summed E-state index contributed by atoms with van der Waals surface area (Å²) in [5.74, 6) is 0.174. The molecule has 0 saturated carbocycles. The van der Waals surface area contributed by atoms with Gasteiger partial charge in [-0.3, -0.25) is 0 Å². The third-order valence-electron chi connectivity index (χ3n) is 1.96. The van der Waals surface area contributed by atoms with E-state index in [0.29, 0.717) is 11.5 Å². The summed E-state index contributed by atoms with van der Waals surface area (Å²) in [7, 11) is 0. The van der Waals surface area contributed by atoms with Crippen molar-refractivity contribution in [1.82, 2.24) is 9.97 Å². The van der Waals surface area contributed by atoms with Crippen molar-refractivity contribution >= 4 is 5.82 Å². The Labute approximate surface area is 85.9 Å². The second-order valence-corrected chi connectivity index (χ2v) is 2.99. The van der Waals surface area contributed by atoms with E-state index in [0.717, 1.165) is 0 Å². The van der Waals surface area contributed by atoms with Crippen molar-refractivity contribution in [2.75, 3.05) is 5.73 Å². The van der Waals surface area contributed by atoms with Crippen molar-refractivity contribution in [2.45, 2.75) is 6.61 Å². The highest BCUT2D eigenvalue weighted by Crippen LogP contribution is 2.17. The number of rotatable bonds is 3. The zero-order valence-corrected chi connectivity index (χ0v) is 7.90. The number of anilines is 1. The molecule has 1 aromatic heterocycles. The molecule has 0 amide bonds. The third-order valence-corrected chi connectivity index (χ3v) is 1.96. The fourth-order valence-electron chi connectivity index (χ4n) is 1.16. The van der Waals surface area contributed by atoms with Gasteiger partial charge in [-0.2, -0.15) is 0 Å². The van der Waals surface area contributed by atoms with E-state index in [9.17, 15) is 4.39 Å². The normalized spacial score (nSPS) is 10.2. The number of halogens is 1. The smallest absolute Gasteiger partial charge is 0.165 e. The van der Waals surface area contributed by atoms with Crippen LogP contribution in [0, 0.1) is 5.82 Å². The minimum atomic E-state index is -0.393. The van der Waals surface area contributed by atoms with E-state index in [1.165, 1.54) is 12.4 Å². The molecule has 0 spiro atoms. The number of H-pyrrole nitrogens is 1. The van der Waals surface area contributed by atoms with Crippen LogP contribution in [0.15, 0.2) is 30.6 Å². The number of para-hydroxylation sites is 1. The molecule has 0 saturated heterocycles. The second kappa shape index (κ2) is 4.00. The van der Waals surface area contributed by atoms with Crippen molar-refractivity contribution < 1.29 is 9.13 Å². The van der Waals surface area contributed by atoms with Crippen LogP contribution in [0.1, 0.15) is 5.69 Å². The number of benzene rings is 1. The summed E-state index contributed by atoms with van der Waals surface area (Å²) in [6.07, 6.45) is 1.47. The number of aromatic nitrogens is 2. The highest BCUT2D eigenvalue weighted by Gasteiger charge is 2.05. The number of aromatic amines is 1. The van der Waals surface area contributed by atoms with E-state index in [1.54, 1.807) is 18.2 Å². The van der Waals surface area contributed by atoms with Crippen LogP contribution >= 0.6 is 0 Å². The van der Waals surface area contributed by atoms with Gasteiger partial charge in [0.15, 0.2) is 11.6 Å². The molecule has 3 N–H and O–H groups in total. The lowest BCUT2D eigenvalue weighted by atomic mass is 10.3. The molecule has 0 fully saturated rings. The summed E-state index contributed by atoms with van der Waals surface area (Å²) in [6.45, 7) is 0.173. The number of hydrogen-bond donors (Lipinski definition) is 2. The van der Waals surface area contributed by atoms with Crippen LogP contribution in [-0.4, -0.2) is 9.97 Å². The first-order valence-electron chi connectivity index (χ1n) is 4.42. The third kappa shape index (κ3) is 2.07. The highest BCUT2D eigenvalue weighted by atomic mass is 19.1. The minimum Gasteiger partial charge on any atom is -0.484 e. The Hall–Kier alpha value is -2.04. The number of nitrogen functional groups attached to an aromatic ring is 1. The van der Waals surface area contributed by atoms with Gasteiger partial charge in [0, 0.05) is 0 Å². The number of nitrogens with zero attached hydrogens (tertiary/aromatic N) is 1. The molecule has 0 radical (unpaired) electrons. The van der Waals surface area contributed by atoms with Crippen molar-refractivity contribution in [2.24, 2.45) is 0 Å². The van der Waals surface area contributed by atoms with E-state index >= 15 is 0 Å². The summed E-state index contributed by atoms with van der Waals surface area (Å²) in [5, 5.41) is 0. The monoisotopic (exact) mass is 207 g/mol. The Kier molecular flexibility index (Phi) is 2.53. The molecule has 0 aliphatic rings.